The number of nitro benzene ring substituents is 1. The van der Waals surface area contributed by atoms with E-state index in [1.165, 1.54) is 28.2 Å². The molecule has 0 spiro atoms. The normalized spacial score (nSPS) is 20.8. The lowest BCUT2D eigenvalue weighted by Gasteiger charge is -2.32. The van der Waals surface area contributed by atoms with Gasteiger partial charge in [-0.2, -0.15) is 4.31 Å². The van der Waals surface area contributed by atoms with E-state index < -0.39 is 14.9 Å². The van der Waals surface area contributed by atoms with Crippen LogP contribution in [-0.2, 0) is 19.6 Å². The van der Waals surface area contributed by atoms with Crippen molar-refractivity contribution in [1.82, 2.24) is 9.62 Å². The lowest BCUT2D eigenvalue weighted by Crippen LogP contribution is -2.42. The summed E-state index contributed by atoms with van der Waals surface area (Å²) in [6.07, 6.45) is 1.10. The minimum absolute atomic E-state index is 0.0701. The molecule has 3 aliphatic rings. The molecule has 3 heterocycles. The van der Waals surface area contributed by atoms with Crippen LogP contribution in [0.15, 0.2) is 28.1 Å². The molecule has 0 atom stereocenters. The van der Waals surface area contributed by atoms with Crippen molar-refractivity contribution in [2.24, 2.45) is 10.9 Å². The molecule has 0 unspecified atom stereocenters. The maximum absolute atomic E-state index is 12.9. The molecule has 11 nitrogen and oxygen atoms in total. The summed E-state index contributed by atoms with van der Waals surface area (Å²) in [5.74, 6) is 0.615. The van der Waals surface area contributed by atoms with Gasteiger partial charge in [0.2, 0.25) is 15.9 Å². The zero-order valence-corrected chi connectivity index (χ0v) is 19.1. The van der Waals surface area contributed by atoms with Gasteiger partial charge in [-0.25, -0.2) is 8.42 Å². The van der Waals surface area contributed by atoms with Crippen LogP contribution < -0.4 is 10.2 Å². The first kappa shape index (κ1) is 23.0. The van der Waals surface area contributed by atoms with Crippen LogP contribution in [0.5, 0.6) is 0 Å². The van der Waals surface area contributed by atoms with E-state index in [2.05, 4.69) is 10.3 Å². The van der Waals surface area contributed by atoms with Crippen LogP contribution >= 0.6 is 11.8 Å². The molecule has 1 aromatic rings. The quantitative estimate of drug-likeness (QED) is 0.485. The zero-order valence-electron chi connectivity index (χ0n) is 17.4. The van der Waals surface area contributed by atoms with Gasteiger partial charge in [-0.3, -0.25) is 19.9 Å². The largest absolute Gasteiger partial charge is 0.379 e. The number of morpholine rings is 1. The number of sulfonamides is 1. The number of hydrogen-bond donors (Lipinski definition) is 1. The van der Waals surface area contributed by atoms with E-state index in [-0.39, 0.29) is 35.5 Å². The van der Waals surface area contributed by atoms with E-state index in [4.69, 9.17) is 4.74 Å². The summed E-state index contributed by atoms with van der Waals surface area (Å²) in [5.41, 5.74) is 0.115. The van der Waals surface area contributed by atoms with E-state index in [1.807, 2.05) is 4.90 Å². The standard InChI is InChI=1S/C19H25N5O6S2/c25-18(21-19-20-5-12-31-19)14-3-6-22(7-4-14)16-2-1-15(13-17(16)24(26)27)32(28,29)23-8-10-30-11-9-23/h1-2,13-14H,3-12H2,(H,20,21,25). The molecular formula is C19H25N5O6S2. The maximum Gasteiger partial charge on any atom is 0.293 e. The second kappa shape index (κ2) is 9.73. The van der Waals surface area contributed by atoms with Crippen molar-refractivity contribution >= 4 is 44.2 Å². The van der Waals surface area contributed by atoms with Gasteiger partial charge in [-0.1, -0.05) is 11.8 Å². The zero-order chi connectivity index (χ0) is 22.7. The predicted molar refractivity (Wildman–Crippen MR) is 121 cm³/mol. The number of amidine groups is 1. The number of ether oxygens (including phenoxy) is 1. The molecular weight excluding hydrogens is 458 g/mol. The summed E-state index contributed by atoms with van der Waals surface area (Å²) < 4.78 is 32.3. The third kappa shape index (κ3) is 4.90. The average molecular weight is 484 g/mol. The highest BCUT2D eigenvalue weighted by molar-refractivity contribution is 8.14. The van der Waals surface area contributed by atoms with Crippen LogP contribution in [0, 0.1) is 16.0 Å². The average Bonchev–Trinajstić information content (AvgIpc) is 3.32. The molecule has 0 bridgehead atoms. The Morgan fingerprint density at radius 3 is 2.56 bits per heavy atom. The minimum Gasteiger partial charge on any atom is -0.379 e. The molecule has 0 radical (unpaired) electrons. The summed E-state index contributed by atoms with van der Waals surface area (Å²) >= 11 is 1.52. The Hall–Kier alpha value is -2.22. The minimum atomic E-state index is -3.83. The van der Waals surface area contributed by atoms with Gasteiger partial charge in [0.15, 0.2) is 5.17 Å². The Labute approximate surface area is 190 Å². The Morgan fingerprint density at radius 1 is 1.22 bits per heavy atom. The molecule has 13 heteroatoms. The Kier molecular flexibility index (Phi) is 6.98. The fourth-order valence-electron chi connectivity index (χ4n) is 4.01. The molecule has 2 fully saturated rings. The topological polar surface area (TPSA) is 134 Å². The van der Waals surface area contributed by atoms with Gasteiger partial charge in [0.1, 0.15) is 5.69 Å². The van der Waals surface area contributed by atoms with Crippen LogP contribution in [0.2, 0.25) is 0 Å². The number of piperidine rings is 1. The molecule has 1 amide bonds. The van der Waals surface area contributed by atoms with Crippen LogP contribution in [-0.4, -0.2) is 80.4 Å². The Morgan fingerprint density at radius 2 is 1.94 bits per heavy atom. The number of hydrogen-bond acceptors (Lipinski definition) is 9. The number of nitrogens with one attached hydrogen (secondary N) is 1. The van der Waals surface area contributed by atoms with Gasteiger partial charge in [0.25, 0.3) is 5.69 Å². The molecule has 1 aromatic carbocycles. The van der Waals surface area contributed by atoms with Crippen LogP contribution in [0.1, 0.15) is 12.8 Å². The van der Waals surface area contributed by atoms with Crippen molar-refractivity contribution in [3.8, 4) is 0 Å². The Balaban J connectivity index is 1.47. The van der Waals surface area contributed by atoms with Gasteiger partial charge < -0.3 is 15.0 Å². The van der Waals surface area contributed by atoms with E-state index in [0.29, 0.717) is 56.5 Å². The van der Waals surface area contributed by atoms with Crippen molar-refractivity contribution in [3.05, 3.63) is 28.3 Å². The summed E-state index contributed by atoms with van der Waals surface area (Å²) in [7, 11) is -3.83. The maximum atomic E-state index is 12.9. The van der Waals surface area contributed by atoms with Gasteiger partial charge in [0, 0.05) is 43.9 Å². The number of anilines is 1. The molecule has 0 aromatic heterocycles. The lowest BCUT2D eigenvalue weighted by atomic mass is 9.95. The molecule has 174 valence electrons. The number of carbonyl (C=O) groups is 1. The summed E-state index contributed by atoms with van der Waals surface area (Å²) in [6, 6.07) is 4.05. The van der Waals surface area contributed by atoms with Crippen LogP contribution in [0.3, 0.4) is 0 Å². The molecule has 1 N–H and O–H groups in total. The number of nitro groups is 1. The van der Waals surface area contributed by atoms with Gasteiger partial charge >= 0.3 is 0 Å². The number of thioether (sulfide) groups is 1. The fraction of sp³-hybridized carbons (Fsp3) is 0.579. The molecule has 32 heavy (non-hydrogen) atoms. The highest BCUT2D eigenvalue weighted by Gasteiger charge is 2.32. The number of nitrogens with zero attached hydrogens (tertiary/aromatic N) is 4. The first-order chi connectivity index (χ1) is 15.4. The number of benzene rings is 1. The van der Waals surface area contributed by atoms with E-state index in [1.54, 1.807) is 0 Å². The van der Waals surface area contributed by atoms with Gasteiger partial charge in [-0.15, -0.1) is 0 Å². The number of carbonyl (C=O) groups excluding carboxylic acids is 1. The summed E-state index contributed by atoms with van der Waals surface area (Å²) in [6.45, 7) is 2.68. The van der Waals surface area contributed by atoms with Crippen molar-refractivity contribution < 1.29 is 22.9 Å². The molecule has 0 aliphatic carbocycles. The summed E-state index contributed by atoms with van der Waals surface area (Å²) in [4.78, 5) is 29.6. The molecule has 2 saturated heterocycles. The second-order valence-corrected chi connectivity index (χ2v) is 10.7. The lowest BCUT2D eigenvalue weighted by molar-refractivity contribution is -0.384. The van der Waals surface area contributed by atoms with Gasteiger partial charge in [0.05, 0.1) is 29.6 Å². The van der Waals surface area contributed by atoms with Gasteiger partial charge in [-0.05, 0) is 25.0 Å². The number of rotatable bonds is 5. The van der Waals surface area contributed by atoms with Crippen molar-refractivity contribution in [2.45, 2.75) is 17.7 Å². The predicted octanol–water partition coefficient (Wildman–Crippen LogP) is 1.05. The highest BCUT2D eigenvalue weighted by atomic mass is 32.2. The van der Waals surface area contributed by atoms with E-state index in [9.17, 15) is 23.3 Å². The monoisotopic (exact) mass is 483 g/mol. The van der Waals surface area contributed by atoms with Crippen LogP contribution in [0.25, 0.3) is 0 Å². The molecule has 3 aliphatic heterocycles. The third-order valence-corrected chi connectivity index (χ3v) is 8.56. The number of aliphatic imine (C=N–C) groups is 1. The van der Waals surface area contributed by atoms with Crippen molar-refractivity contribution in [3.63, 3.8) is 0 Å². The van der Waals surface area contributed by atoms with E-state index in [0.717, 1.165) is 11.8 Å². The van der Waals surface area contributed by atoms with E-state index >= 15 is 0 Å². The smallest absolute Gasteiger partial charge is 0.293 e. The summed E-state index contributed by atoms with van der Waals surface area (Å²) in [5, 5.41) is 15.3. The van der Waals surface area contributed by atoms with Crippen LogP contribution in [0.4, 0.5) is 11.4 Å². The second-order valence-electron chi connectivity index (χ2n) is 7.71. The first-order valence-electron chi connectivity index (χ1n) is 10.5. The molecule has 0 saturated carbocycles. The Bertz CT molecular complexity index is 1020. The van der Waals surface area contributed by atoms with Crippen molar-refractivity contribution in [2.75, 3.05) is 56.6 Å². The third-order valence-electron chi connectivity index (χ3n) is 5.77. The number of amides is 1. The highest BCUT2D eigenvalue weighted by Crippen LogP contribution is 2.34. The molecule has 4 rings (SSSR count). The fourth-order valence-corrected chi connectivity index (χ4v) is 6.17. The first-order valence-corrected chi connectivity index (χ1v) is 12.9. The SMILES string of the molecule is O=C(NC1=NCCS1)C1CCN(c2ccc(S(=O)(=O)N3CCOCC3)cc2[N+](=O)[O-])CC1. The van der Waals surface area contributed by atoms with Crippen molar-refractivity contribution in [1.29, 1.82) is 0 Å².